The number of carbonyl (C=O) groups excluding carboxylic acids is 1. The van der Waals surface area contributed by atoms with Gasteiger partial charge in [-0.2, -0.15) is 0 Å². The predicted molar refractivity (Wildman–Crippen MR) is 56.7 cm³/mol. The summed E-state index contributed by atoms with van der Waals surface area (Å²) in [4.78, 5) is 13.7. The van der Waals surface area contributed by atoms with Crippen molar-refractivity contribution in [2.75, 3.05) is 19.6 Å². The van der Waals surface area contributed by atoms with Gasteiger partial charge < -0.3 is 4.90 Å². The number of likely N-dealkylation sites (tertiary alicyclic amines) is 1. The minimum atomic E-state index is 0.185. The number of nitrogens with one attached hydrogen (secondary N) is 1. The number of rotatable bonds is 4. The summed E-state index contributed by atoms with van der Waals surface area (Å²) in [7, 11) is 0. The van der Waals surface area contributed by atoms with Crippen LogP contribution < -0.4 is 5.32 Å². The van der Waals surface area contributed by atoms with E-state index in [2.05, 4.69) is 18.2 Å². The first-order chi connectivity index (χ1) is 6.79. The lowest BCUT2D eigenvalue weighted by Gasteiger charge is -2.23. The Kier molecular flexibility index (Phi) is 4.48. The molecule has 0 saturated carbocycles. The van der Waals surface area contributed by atoms with Gasteiger partial charge in [0.1, 0.15) is 0 Å². The molecule has 3 nitrogen and oxygen atoms in total. The Morgan fingerprint density at radius 3 is 3.14 bits per heavy atom. The van der Waals surface area contributed by atoms with Crippen molar-refractivity contribution in [3.63, 3.8) is 0 Å². The molecule has 0 spiro atoms. The van der Waals surface area contributed by atoms with E-state index < -0.39 is 0 Å². The topological polar surface area (TPSA) is 32.3 Å². The maximum Gasteiger partial charge on any atom is 0.236 e. The summed E-state index contributed by atoms with van der Waals surface area (Å²) < 4.78 is 0. The van der Waals surface area contributed by atoms with Crippen molar-refractivity contribution in [2.24, 2.45) is 0 Å². The molecule has 0 aromatic heterocycles. The van der Waals surface area contributed by atoms with Crippen LogP contribution in [0, 0.1) is 12.3 Å². The number of nitrogens with zero attached hydrogens (tertiary/aromatic N) is 1. The largest absolute Gasteiger partial charge is 0.339 e. The molecular formula is C11H18N2O. The minimum Gasteiger partial charge on any atom is -0.339 e. The first kappa shape index (κ1) is 11.1. The molecule has 0 radical (unpaired) electrons. The molecule has 3 heteroatoms. The van der Waals surface area contributed by atoms with E-state index in [1.165, 1.54) is 0 Å². The van der Waals surface area contributed by atoms with Gasteiger partial charge in [0.05, 0.1) is 13.1 Å². The normalized spacial score (nSPS) is 20.9. The van der Waals surface area contributed by atoms with Gasteiger partial charge in [-0.3, -0.25) is 10.1 Å². The van der Waals surface area contributed by atoms with Gasteiger partial charge in [-0.1, -0.05) is 12.8 Å². The average molecular weight is 194 g/mol. The van der Waals surface area contributed by atoms with Crippen molar-refractivity contribution < 1.29 is 4.79 Å². The number of carbonyl (C=O) groups is 1. The average Bonchev–Trinajstić information content (AvgIpc) is 2.65. The molecular weight excluding hydrogens is 176 g/mol. The van der Waals surface area contributed by atoms with E-state index in [0.717, 1.165) is 25.8 Å². The zero-order valence-corrected chi connectivity index (χ0v) is 8.75. The molecule has 1 heterocycles. The molecule has 1 aliphatic heterocycles. The van der Waals surface area contributed by atoms with E-state index in [1.54, 1.807) is 0 Å². The van der Waals surface area contributed by atoms with E-state index in [-0.39, 0.29) is 5.91 Å². The summed E-state index contributed by atoms with van der Waals surface area (Å²) in [6, 6.07) is 0.454. The Morgan fingerprint density at radius 2 is 2.50 bits per heavy atom. The summed E-state index contributed by atoms with van der Waals surface area (Å²) in [6.45, 7) is 3.89. The van der Waals surface area contributed by atoms with Gasteiger partial charge in [0.2, 0.25) is 5.91 Å². The molecule has 0 aromatic rings. The van der Waals surface area contributed by atoms with Crippen LogP contribution in [-0.4, -0.2) is 36.5 Å². The van der Waals surface area contributed by atoms with Crippen molar-refractivity contribution in [2.45, 2.75) is 32.2 Å². The van der Waals surface area contributed by atoms with E-state index >= 15 is 0 Å². The van der Waals surface area contributed by atoms with Crippen LogP contribution in [0.4, 0.5) is 0 Å². The van der Waals surface area contributed by atoms with Crippen LogP contribution >= 0.6 is 0 Å². The maximum absolute atomic E-state index is 11.7. The maximum atomic E-state index is 11.7. The van der Waals surface area contributed by atoms with Gasteiger partial charge in [0.25, 0.3) is 0 Å². The first-order valence-corrected chi connectivity index (χ1v) is 5.23. The van der Waals surface area contributed by atoms with Gasteiger partial charge in [-0.15, -0.1) is 6.42 Å². The van der Waals surface area contributed by atoms with Crippen molar-refractivity contribution >= 4 is 5.91 Å². The summed E-state index contributed by atoms with van der Waals surface area (Å²) in [5.41, 5.74) is 0. The third-order valence-corrected chi connectivity index (χ3v) is 2.67. The van der Waals surface area contributed by atoms with Crippen molar-refractivity contribution in [3.05, 3.63) is 0 Å². The van der Waals surface area contributed by atoms with E-state index in [9.17, 15) is 4.79 Å². The van der Waals surface area contributed by atoms with Crippen LogP contribution in [0.5, 0.6) is 0 Å². The minimum absolute atomic E-state index is 0.185. The third-order valence-electron chi connectivity index (χ3n) is 2.67. The quantitative estimate of drug-likeness (QED) is 0.525. The fourth-order valence-corrected chi connectivity index (χ4v) is 1.93. The smallest absolute Gasteiger partial charge is 0.236 e. The number of hydrogen-bond donors (Lipinski definition) is 1. The van der Waals surface area contributed by atoms with Gasteiger partial charge in [0.15, 0.2) is 0 Å². The molecule has 1 saturated heterocycles. The number of hydrogen-bond acceptors (Lipinski definition) is 2. The Morgan fingerprint density at radius 1 is 1.71 bits per heavy atom. The molecule has 0 aromatic carbocycles. The fourth-order valence-electron chi connectivity index (χ4n) is 1.93. The lowest BCUT2D eigenvalue weighted by molar-refractivity contribution is -0.131. The Balaban J connectivity index is 2.32. The standard InChI is InChI=1S/C11H18N2O/c1-3-7-12-9-11(14)13-8-5-6-10(13)4-2/h1,10,12H,4-9H2,2H3. The van der Waals surface area contributed by atoms with Crippen molar-refractivity contribution in [3.8, 4) is 12.3 Å². The second kappa shape index (κ2) is 5.66. The molecule has 1 aliphatic rings. The molecule has 1 N–H and O–H groups in total. The van der Waals surface area contributed by atoms with Crippen LogP contribution in [0.15, 0.2) is 0 Å². The van der Waals surface area contributed by atoms with Gasteiger partial charge >= 0.3 is 0 Å². The van der Waals surface area contributed by atoms with E-state index in [1.807, 2.05) is 4.90 Å². The predicted octanol–water partition coefficient (Wildman–Crippen LogP) is 0.610. The van der Waals surface area contributed by atoms with E-state index in [4.69, 9.17) is 6.42 Å². The molecule has 0 aliphatic carbocycles. The highest BCUT2D eigenvalue weighted by atomic mass is 16.2. The second-order valence-electron chi connectivity index (χ2n) is 3.60. The highest BCUT2D eigenvalue weighted by Crippen LogP contribution is 2.19. The highest BCUT2D eigenvalue weighted by molar-refractivity contribution is 5.78. The van der Waals surface area contributed by atoms with Crippen molar-refractivity contribution in [1.82, 2.24) is 10.2 Å². The lowest BCUT2D eigenvalue weighted by Crippen LogP contribution is -2.40. The monoisotopic (exact) mass is 194 g/mol. The molecule has 14 heavy (non-hydrogen) atoms. The molecule has 1 amide bonds. The number of amides is 1. The molecule has 1 fully saturated rings. The van der Waals surface area contributed by atoms with Crippen molar-refractivity contribution in [1.29, 1.82) is 0 Å². The van der Waals surface area contributed by atoms with Crippen LogP contribution in [0.2, 0.25) is 0 Å². The molecule has 0 bridgehead atoms. The summed E-state index contributed by atoms with van der Waals surface area (Å²) >= 11 is 0. The van der Waals surface area contributed by atoms with Crippen LogP contribution in [0.25, 0.3) is 0 Å². The second-order valence-corrected chi connectivity index (χ2v) is 3.60. The van der Waals surface area contributed by atoms with Gasteiger partial charge in [0, 0.05) is 12.6 Å². The summed E-state index contributed by atoms with van der Waals surface area (Å²) in [6.07, 6.45) is 8.43. The highest BCUT2D eigenvalue weighted by Gasteiger charge is 2.26. The number of terminal acetylenes is 1. The third kappa shape index (κ3) is 2.74. The van der Waals surface area contributed by atoms with Crippen LogP contribution in [0.1, 0.15) is 26.2 Å². The fraction of sp³-hybridized carbons (Fsp3) is 0.727. The zero-order chi connectivity index (χ0) is 10.4. The zero-order valence-electron chi connectivity index (χ0n) is 8.75. The summed E-state index contributed by atoms with van der Waals surface area (Å²) in [5, 5.41) is 2.93. The van der Waals surface area contributed by atoms with Crippen LogP contribution in [0.3, 0.4) is 0 Å². The lowest BCUT2D eigenvalue weighted by atomic mass is 10.2. The summed E-state index contributed by atoms with van der Waals surface area (Å²) in [5.74, 6) is 2.64. The first-order valence-electron chi connectivity index (χ1n) is 5.23. The van der Waals surface area contributed by atoms with Crippen LogP contribution in [-0.2, 0) is 4.79 Å². The SMILES string of the molecule is C#CCNCC(=O)N1CCCC1CC. The Bertz CT molecular complexity index is 232. The van der Waals surface area contributed by atoms with Gasteiger partial charge in [-0.05, 0) is 19.3 Å². The van der Waals surface area contributed by atoms with Gasteiger partial charge in [-0.25, -0.2) is 0 Å². The molecule has 1 atom stereocenters. The molecule has 78 valence electrons. The Labute approximate surface area is 85.9 Å². The van der Waals surface area contributed by atoms with E-state index in [0.29, 0.717) is 19.1 Å². The Hall–Kier alpha value is -1.01. The molecule has 1 unspecified atom stereocenters. The molecule has 1 rings (SSSR count).